The van der Waals surface area contributed by atoms with Crippen LogP contribution in [0.15, 0.2) is 47.7 Å². The number of hydrogen-bond donors (Lipinski definition) is 1. The highest BCUT2D eigenvalue weighted by Crippen LogP contribution is 2.38. The summed E-state index contributed by atoms with van der Waals surface area (Å²) in [6, 6.07) is 5.98. The van der Waals surface area contributed by atoms with Crippen LogP contribution in [0.4, 0.5) is 0 Å². The van der Waals surface area contributed by atoms with Gasteiger partial charge in [-0.1, -0.05) is 0 Å². The average Bonchev–Trinajstić information content (AvgIpc) is 3.34. The van der Waals surface area contributed by atoms with Crippen LogP contribution in [0.5, 0.6) is 5.75 Å². The molecule has 0 fully saturated rings. The molecule has 1 N–H and O–H groups in total. The Labute approximate surface area is 136 Å². The number of H-pyrrole nitrogens is 1. The molecule has 1 aliphatic heterocycles. The molecule has 0 unspecified atom stereocenters. The van der Waals surface area contributed by atoms with Crippen molar-refractivity contribution in [3.8, 4) is 34.1 Å². The summed E-state index contributed by atoms with van der Waals surface area (Å²) in [6.07, 6.45) is 7.46. The number of ether oxygens (including phenoxy) is 1. The van der Waals surface area contributed by atoms with Crippen molar-refractivity contribution < 1.29 is 9.15 Å². The van der Waals surface area contributed by atoms with Gasteiger partial charge in [0.2, 0.25) is 0 Å². The number of imidazole rings is 1. The number of fused-ring (bicyclic) bond motifs is 5. The molecule has 0 amide bonds. The van der Waals surface area contributed by atoms with Crippen LogP contribution in [-0.4, -0.2) is 31.8 Å². The number of hydrogen-bond acceptors (Lipinski definition) is 5. The molecule has 0 saturated carbocycles. The van der Waals surface area contributed by atoms with Crippen molar-refractivity contribution in [1.82, 2.24) is 24.7 Å². The zero-order valence-corrected chi connectivity index (χ0v) is 12.9. The summed E-state index contributed by atoms with van der Waals surface area (Å²) in [6.45, 7) is 0. The molecule has 1 aliphatic rings. The Morgan fingerprint density at radius 1 is 1.29 bits per heavy atom. The lowest BCUT2D eigenvalue weighted by atomic mass is 10.0. The van der Waals surface area contributed by atoms with Gasteiger partial charge in [-0.15, -0.1) is 0 Å². The van der Waals surface area contributed by atoms with Gasteiger partial charge in [-0.3, -0.25) is 5.10 Å². The number of rotatable bonds is 2. The Hall–Kier alpha value is -3.35. The fourth-order valence-corrected chi connectivity index (χ4v) is 3.20. The maximum atomic E-state index is 5.45. The molecule has 7 heteroatoms. The average molecular weight is 319 g/mol. The fraction of sp³-hybridized carbons (Fsp3) is 0.118. The van der Waals surface area contributed by atoms with Crippen LogP contribution in [0.3, 0.4) is 0 Å². The maximum absolute atomic E-state index is 5.45. The lowest BCUT2D eigenvalue weighted by Crippen LogP contribution is -1.99. The fourth-order valence-electron chi connectivity index (χ4n) is 3.20. The minimum absolute atomic E-state index is 0.658. The first-order valence-electron chi connectivity index (χ1n) is 7.51. The van der Waals surface area contributed by atoms with E-state index in [2.05, 4.69) is 24.7 Å². The molecule has 24 heavy (non-hydrogen) atoms. The summed E-state index contributed by atoms with van der Waals surface area (Å²) in [7, 11) is 1.66. The third-order valence-corrected chi connectivity index (χ3v) is 4.34. The second-order valence-electron chi connectivity index (χ2n) is 5.61. The molecule has 7 nitrogen and oxygen atoms in total. The summed E-state index contributed by atoms with van der Waals surface area (Å²) in [4.78, 5) is 8.55. The van der Waals surface area contributed by atoms with Crippen molar-refractivity contribution in [2.24, 2.45) is 0 Å². The molecule has 0 aliphatic carbocycles. The van der Waals surface area contributed by atoms with E-state index < -0.39 is 0 Å². The molecule has 118 valence electrons. The third-order valence-electron chi connectivity index (χ3n) is 4.34. The molecule has 0 spiro atoms. The van der Waals surface area contributed by atoms with Crippen molar-refractivity contribution in [2.75, 3.05) is 7.11 Å². The highest BCUT2D eigenvalue weighted by atomic mass is 16.5. The van der Waals surface area contributed by atoms with Gasteiger partial charge in [0.25, 0.3) is 0 Å². The van der Waals surface area contributed by atoms with Crippen LogP contribution in [-0.2, 0) is 6.42 Å². The van der Waals surface area contributed by atoms with Gasteiger partial charge in [0.15, 0.2) is 12.2 Å². The van der Waals surface area contributed by atoms with Crippen molar-refractivity contribution in [1.29, 1.82) is 0 Å². The first kappa shape index (κ1) is 13.1. The van der Waals surface area contributed by atoms with E-state index in [1.54, 1.807) is 13.3 Å². The Bertz CT molecular complexity index is 1030. The lowest BCUT2D eigenvalue weighted by molar-refractivity contribution is 0.415. The first-order chi connectivity index (χ1) is 11.8. The van der Waals surface area contributed by atoms with Gasteiger partial charge in [0.05, 0.1) is 36.6 Å². The summed E-state index contributed by atoms with van der Waals surface area (Å²) >= 11 is 0. The standard InChI is InChI=1S/C17H13N5O2/c1-23-11-2-3-13-12(5-11)16-10(6-20-21-16)4-14-17(19-8-22(13)14)15-7-18-9-24-15/h2-3,5-9H,4H2,1H3,(H,20,21). The van der Waals surface area contributed by atoms with Crippen molar-refractivity contribution >= 4 is 0 Å². The zero-order chi connectivity index (χ0) is 16.1. The van der Waals surface area contributed by atoms with Gasteiger partial charge in [-0.2, -0.15) is 5.10 Å². The number of oxazole rings is 1. The van der Waals surface area contributed by atoms with Crippen LogP contribution >= 0.6 is 0 Å². The van der Waals surface area contributed by atoms with E-state index in [4.69, 9.17) is 9.15 Å². The minimum atomic E-state index is 0.658. The Morgan fingerprint density at radius 3 is 3.08 bits per heavy atom. The molecule has 0 radical (unpaired) electrons. The minimum Gasteiger partial charge on any atom is -0.497 e. The van der Waals surface area contributed by atoms with Gasteiger partial charge in [0, 0.05) is 17.5 Å². The molecule has 5 rings (SSSR count). The Kier molecular flexibility index (Phi) is 2.64. The molecule has 3 aromatic heterocycles. The number of nitrogens with one attached hydrogen (secondary N) is 1. The van der Waals surface area contributed by atoms with E-state index in [0.29, 0.717) is 12.2 Å². The molecule has 0 bridgehead atoms. The molecule has 4 aromatic rings. The van der Waals surface area contributed by atoms with Gasteiger partial charge in [0.1, 0.15) is 17.8 Å². The van der Waals surface area contributed by atoms with Crippen LogP contribution in [0.25, 0.3) is 28.4 Å². The van der Waals surface area contributed by atoms with Crippen LogP contribution in [0.2, 0.25) is 0 Å². The third kappa shape index (κ3) is 1.75. The molecule has 1 aromatic carbocycles. The van der Waals surface area contributed by atoms with Gasteiger partial charge < -0.3 is 13.7 Å². The van der Waals surface area contributed by atoms with Crippen LogP contribution in [0.1, 0.15) is 11.3 Å². The van der Waals surface area contributed by atoms with Crippen LogP contribution in [0, 0.1) is 0 Å². The van der Waals surface area contributed by atoms with E-state index in [0.717, 1.165) is 39.6 Å². The number of aromatic amines is 1. The number of aromatic nitrogens is 5. The van der Waals surface area contributed by atoms with E-state index in [1.165, 1.54) is 6.39 Å². The lowest BCUT2D eigenvalue weighted by Gasteiger charge is -2.11. The molecule has 4 heterocycles. The molecular formula is C17H13N5O2. The Balaban J connectivity index is 1.81. The summed E-state index contributed by atoms with van der Waals surface area (Å²) in [5.41, 5.74) is 5.98. The van der Waals surface area contributed by atoms with E-state index in [9.17, 15) is 0 Å². The van der Waals surface area contributed by atoms with Gasteiger partial charge >= 0.3 is 0 Å². The predicted octanol–water partition coefficient (Wildman–Crippen LogP) is 2.83. The first-order valence-corrected chi connectivity index (χ1v) is 7.51. The number of methoxy groups -OCH3 is 1. The molecule has 0 atom stereocenters. The molecular weight excluding hydrogens is 306 g/mol. The van der Waals surface area contributed by atoms with Gasteiger partial charge in [-0.25, -0.2) is 9.97 Å². The number of benzene rings is 1. The highest BCUT2D eigenvalue weighted by molar-refractivity contribution is 5.77. The largest absolute Gasteiger partial charge is 0.497 e. The maximum Gasteiger partial charge on any atom is 0.181 e. The van der Waals surface area contributed by atoms with Crippen molar-refractivity contribution in [3.05, 3.63) is 54.6 Å². The molecule has 0 saturated heterocycles. The van der Waals surface area contributed by atoms with E-state index in [1.807, 2.05) is 30.7 Å². The second-order valence-corrected chi connectivity index (χ2v) is 5.61. The summed E-state index contributed by atoms with van der Waals surface area (Å²) in [5, 5.41) is 7.33. The van der Waals surface area contributed by atoms with Crippen molar-refractivity contribution in [3.63, 3.8) is 0 Å². The van der Waals surface area contributed by atoms with E-state index in [-0.39, 0.29) is 0 Å². The summed E-state index contributed by atoms with van der Waals surface area (Å²) in [5.74, 6) is 1.46. The smallest absolute Gasteiger partial charge is 0.181 e. The predicted molar refractivity (Wildman–Crippen MR) is 86.0 cm³/mol. The zero-order valence-electron chi connectivity index (χ0n) is 12.9. The monoisotopic (exact) mass is 319 g/mol. The topological polar surface area (TPSA) is 81.8 Å². The quantitative estimate of drug-likeness (QED) is 0.541. The second kappa shape index (κ2) is 4.82. The van der Waals surface area contributed by atoms with Crippen molar-refractivity contribution in [2.45, 2.75) is 6.42 Å². The van der Waals surface area contributed by atoms with Crippen LogP contribution < -0.4 is 4.74 Å². The SMILES string of the molecule is COc1ccc2c(c1)-c1[nH]ncc1Cc1c(-c3cnco3)ncn1-2. The highest BCUT2D eigenvalue weighted by Gasteiger charge is 2.25. The van der Waals surface area contributed by atoms with Gasteiger partial charge in [-0.05, 0) is 18.2 Å². The Morgan fingerprint density at radius 2 is 2.25 bits per heavy atom. The number of nitrogens with zero attached hydrogens (tertiary/aromatic N) is 4. The normalized spacial score (nSPS) is 12.2. The summed E-state index contributed by atoms with van der Waals surface area (Å²) < 4.78 is 12.9. The van der Waals surface area contributed by atoms with E-state index >= 15 is 0 Å².